The number of ether oxygens (including phenoxy) is 1. The maximum Gasteiger partial charge on any atom is 0.425 e. The Balaban J connectivity index is -0.000000100. The SMILES string of the molecule is C=C(C)C(=O)OCCN.COP(=O)(O)NO.[HH].[HH]. The molecule has 0 aromatic rings. The van der Waals surface area contributed by atoms with Crippen molar-refractivity contribution in [3.63, 3.8) is 0 Å². The first-order valence-corrected chi connectivity index (χ1v) is 5.71. The molecule has 16 heavy (non-hydrogen) atoms. The molecule has 0 aliphatic heterocycles. The Kier molecular flexibility index (Phi) is 10.4. The highest BCUT2D eigenvalue weighted by Crippen LogP contribution is 2.33. The van der Waals surface area contributed by atoms with Crippen LogP contribution in [0.2, 0.25) is 0 Å². The molecular weight excluding hydrogens is 239 g/mol. The van der Waals surface area contributed by atoms with Gasteiger partial charge in [-0.25, -0.2) is 9.36 Å². The molecule has 0 radical (unpaired) electrons. The van der Waals surface area contributed by atoms with E-state index in [-0.39, 0.29) is 15.4 Å². The minimum absolute atomic E-state index is 0. The van der Waals surface area contributed by atoms with E-state index in [1.807, 2.05) is 0 Å². The number of carbonyl (C=O) groups excluding carboxylic acids is 1. The van der Waals surface area contributed by atoms with Crippen molar-refractivity contribution < 1.29 is 31.6 Å². The molecule has 1 atom stereocenters. The van der Waals surface area contributed by atoms with E-state index < -0.39 is 7.75 Å². The highest BCUT2D eigenvalue weighted by molar-refractivity contribution is 7.50. The van der Waals surface area contributed by atoms with Gasteiger partial charge in [0, 0.05) is 22.1 Å². The van der Waals surface area contributed by atoms with E-state index in [1.165, 1.54) is 0 Å². The molecule has 1 unspecified atom stereocenters. The van der Waals surface area contributed by atoms with Crippen LogP contribution in [0.15, 0.2) is 12.2 Å². The standard InChI is InChI=1S/C6H11NO2.CH6NO4P.2H2/c1-5(2)6(8)9-4-3-7;1-6-7(4,5)2-3;;/h1,3-4,7H2,2H3;3H,1H3,(H2,2,4,5);2*1H. The number of carbonyl (C=O) groups is 1. The fourth-order valence-corrected chi connectivity index (χ4v) is 0.397. The third-order valence-corrected chi connectivity index (χ3v) is 1.82. The predicted molar refractivity (Wildman–Crippen MR) is 60.8 cm³/mol. The number of hydrogen-bond donors (Lipinski definition) is 4. The van der Waals surface area contributed by atoms with Crippen molar-refractivity contribution in [3.05, 3.63) is 12.2 Å². The Morgan fingerprint density at radius 3 is 2.38 bits per heavy atom. The average Bonchev–Trinajstić information content (AvgIpc) is 2.26. The normalized spacial score (nSPS) is 13.1. The zero-order valence-corrected chi connectivity index (χ0v) is 10.1. The maximum absolute atomic E-state index is 10.5. The summed E-state index contributed by atoms with van der Waals surface area (Å²) in [4.78, 5) is 18.6. The molecule has 0 saturated heterocycles. The molecule has 9 heteroatoms. The van der Waals surface area contributed by atoms with E-state index >= 15 is 0 Å². The van der Waals surface area contributed by atoms with Gasteiger partial charge in [0.15, 0.2) is 0 Å². The number of nitrogens with two attached hydrogens (primary N) is 1. The summed E-state index contributed by atoms with van der Waals surface area (Å²) in [5, 5.41) is 8.79. The summed E-state index contributed by atoms with van der Waals surface area (Å²) in [6.07, 6.45) is 0. The quantitative estimate of drug-likeness (QED) is 0.240. The van der Waals surface area contributed by atoms with Crippen LogP contribution in [-0.2, 0) is 18.6 Å². The van der Waals surface area contributed by atoms with Crippen LogP contribution in [0.3, 0.4) is 0 Å². The summed E-state index contributed by atoms with van der Waals surface area (Å²) in [6, 6.07) is 0. The van der Waals surface area contributed by atoms with Gasteiger partial charge in [0.25, 0.3) is 0 Å². The lowest BCUT2D eigenvalue weighted by Gasteiger charge is -2.01. The highest BCUT2D eigenvalue weighted by atomic mass is 31.2. The smallest absolute Gasteiger partial charge is 0.425 e. The van der Waals surface area contributed by atoms with Gasteiger partial charge in [-0.3, -0.25) is 4.52 Å². The Morgan fingerprint density at radius 2 is 2.19 bits per heavy atom. The van der Waals surface area contributed by atoms with Crippen molar-refractivity contribution >= 4 is 13.7 Å². The van der Waals surface area contributed by atoms with E-state index in [0.29, 0.717) is 12.1 Å². The maximum atomic E-state index is 10.5. The molecule has 0 aromatic heterocycles. The molecule has 0 aliphatic rings. The first-order valence-electron chi connectivity index (χ1n) is 4.13. The molecule has 100 valence electrons. The van der Waals surface area contributed by atoms with Gasteiger partial charge in [-0.1, -0.05) is 6.58 Å². The second kappa shape index (κ2) is 9.46. The summed E-state index contributed by atoms with van der Waals surface area (Å²) < 4.78 is 18.3. The summed E-state index contributed by atoms with van der Waals surface area (Å²) in [7, 11) is -2.84. The molecule has 0 spiro atoms. The summed E-state index contributed by atoms with van der Waals surface area (Å²) >= 11 is 0. The van der Waals surface area contributed by atoms with Crippen LogP contribution < -0.4 is 11.0 Å². The van der Waals surface area contributed by atoms with Gasteiger partial charge in [-0.05, 0) is 6.92 Å². The second-order valence-corrected chi connectivity index (χ2v) is 4.11. The molecule has 0 amide bonds. The van der Waals surface area contributed by atoms with Crippen LogP contribution in [-0.4, -0.2) is 36.3 Å². The Hall–Kier alpha value is -0.760. The third-order valence-electron chi connectivity index (χ3n) is 1.07. The van der Waals surface area contributed by atoms with Gasteiger partial charge in [0.05, 0.1) is 0 Å². The van der Waals surface area contributed by atoms with E-state index in [2.05, 4.69) is 15.8 Å². The lowest BCUT2D eigenvalue weighted by atomic mass is 10.4. The van der Waals surface area contributed by atoms with E-state index in [9.17, 15) is 9.36 Å². The predicted octanol–water partition coefficient (Wildman–Crippen LogP) is 0.268. The molecule has 0 aromatic carbocycles. The summed E-state index contributed by atoms with van der Waals surface area (Å²) in [6.45, 7) is 5.62. The first-order chi connectivity index (χ1) is 7.30. The van der Waals surface area contributed by atoms with Gasteiger partial charge in [-0.2, -0.15) is 0 Å². The van der Waals surface area contributed by atoms with E-state index in [0.717, 1.165) is 12.4 Å². The van der Waals surface area contributed by atoms with Crippen molar-refractivity contribution in [2.75, 3.05) is 20.3 Å². The zero-order valence-electron chi connectivity index (χ0n) is 9.17. The van der Waals surface area contributed by atoms with E-state index in [1.54, 1.807) is 6.92 Å². The van der Waals surface area contributed by atoms with Crippen molar-refractivity contribution in [2.45, 2.75) is 6.92 Å². The molecule has 0 aliphatic carbocycles. The second-order valence-electron chi connectivity index (χ2n) is 2.51. The summed E-state index contributed by atoms with van der Waals surface area (Å²) in [5.41, 5.74) is 5.48. The summed E-state index contributed by atoms with van der Waals surface area (Å²) in [5.74, 6) is -0.375. The molecule has 0 saturated carbocycles. The average molecular weight is 260 g/mol. The largest absolute Gasteiger partial charge is 0.461 e. The molecule has 8 nitrogen and oxygen atoms in total. The van der Waals surface area contributed by atoms with Gasteiger partial charge in [0.2, 0.25) is 0 Å². The van der Waals surface area contributed by atoms with Crippen molar-refractivity contribution in [1.82, 2.24) is 5.25 Å². The molecule has 0 rings (SSSR count). The number of esters is 1. The molecule has 0 fully saturated rings. The number of hydrogen-bond acceptors (Lipinski definition) is 6. The lowest BCUT2D eigenvalue weighted by Crippen LogP contribution is -2.13. The van der Waals surface area contributed by atoms with Crippen LogP contribution in [0.5, 0.6) is 0 Å². The molecule has 0 heterocycles. The highest BCUT2D eigenvalue weighted by Gasteiger charge is 2.12. The van der Waals surface area contributed by atoms with Crippen LogP contribution in [0.4, 0.5) is 0 Å². The Labute approximate surface area is 96.6 Å². The van der Waals surface area contributed by atoms with Gasteiger partial charge >= 0.3 is 13.7 Å². The van der Waals surface area contributed by atoms with Crippen molar-refractivity contribution in [1.29, 1.82) is 0 Å². The molecular formula is C7H21N2O6P. The first kappa shape index (κ1) is 17.6. The Morgan fingerprint density at radius 1 is 1.69 bits per heavy atom. The molecule has 5 N–H and O–H groups in total. The van der Waals surface area contributed by atoms with Crippen molar-refractivity contribution in [3.8, 4) is 0 Å². The Bertz CT molecular complexity index is 271. The lowest BCUT2D eigenvalue weighted by molar-refractivity contribution is -0.138. The number of rotatable bonds is 5. The van der Waals surface area contributed by atoms with Crippen LogP contribution in [0.25, 0.3) is 0 Å². The zero-order chi connectivity index (χ0) is 13.2. The third kappa shape index (κ3) is 11.3. The van der Waals surface area contributed by atoms with Crippen LogP contribution in [0.1, 0.15) is 9.78 Å². The van der Waals surface area contributed by atoms with Gasteiger partial charge < -0.3 is 20.6 Å². The van der Waals surface area contributed by atoms with Gasteiger partial charge in [-0.15, -0.1) is 5.25 Å². The number of nitrogens with one attached hydrogen (secondary N) is 1. The van der Waals surface area contributed by atoms with Crippen molar-refractivity contribution in [2.24, 2.45) is 5.73 Å². The van der Waals surface area contributed by atoms with Gasteiger partial charge in [0.1, 0.15) is 6.61 Å². The van der Waals surface area contributed by atoms with Crippen LogP contribution in [0, 0.1) is 0 Å². The van der Waals surface area contributed by atoms with E-state index in [4.69, 9.17) is 15.8 Å². The monoisotopic (exact) mass is 260 g/mol. The van der Waals surface area contributed by atoms with Crippen LogP contribution >= 0.6 is 7.75 Å². The fourth-order valence-electron chi connectivity index (χ4n) is 0.316. The molecule has 0 bridgehead atoms. The fraction of sp³-hybridized carbons (Fsp3) is 0.571. The topological polar surface area (TPSA) is 131 Å². The minimum atomic E-state index is -3.85. The minimum Gasteiger partial charge on any atom is -0.461 e.